The van der Waals surface area contributed by atoms with Crippen LogP contribution in [-0.4, -0.2) is 54.0 Å². The van der Waals surface area contributed by atoms with Crippen molar-refractivity contribution in [2.75, 3.05) is 26.2 Å². The maximum atomic E-state index is 12.7. The van der Waals surface area contributed by atoms with E-state index in [1.165, 1.54) is 0 Å². The Hall–Kier alpha value is -1.88. The lowest BCUT2D eigenvalue weighted by Gasteiger charge is -2.23. The Morgan fingerprint density at radius 3 is 2.96 bits per heavy atom. The second-order valence-electron chi connectivity index (χ2n) is 6.41. The van der Waals surface area contributed by atoms with Crippen molar-refractivity contribution in [3.05, 3.63) is 35.4 Å². The van der Waals surface area contributed by atoms with Crippen molar-refractivity contribution in [1.82, 2.24) is 9.80 Å². The van der Waals surface area contributed by atoms with Gasteiger partial charge in [0.05, 0.1) is 6.10 Å². The summed E-state index contributed by atoms with van der Waals surface area (Å²) >= 11 is 0. The second-order valence-corrected chi connectivity index (χ2v) is 6.41. The second kappa shape index (κ2) is 7.13. The van der Waals surface area contributed by atoms with Gasteiger partial charge in [0.1, 0.15) is 0 Å². The van der Waals surface area contributed by atoms with E-state index in [2.05, 4.69) is 0 Å². The molecule has 23 heavy (non-hydrogen) atoms. The highest BCUT2D eigenvalue weighted by Gasteiger charge is 2.23. The van der Waals surface area contributed by atoms with Crippen molar-refractivity contribution >= 4 is 11.8 Å². The number of benzene rings is 1. The molecule has 0 bridgehead atoms. The third-order valence-corrected chi connectivity index (χ3v) is 4.46. The van der Waals surface area contributed by atoms with Crippen LogP contribution in [0.3, 0.4) is 0 Å². The molecular weight excluding hydrogens is 292 g/mol. The lowest BCUT2D eigenvalue weighted by Crippen LogP contribution is -2.36. The molecule has 2 aliphatic heterocycles. The summed E-state index contributed by atoms with van der Waals surface area (Å²) in [7, 11) is 0. The highest BCUT2D eigenvalue weighted by atomic mass is 16.5. The maximum absolute atomic E-state index is 12.7. The third-order valence-electron chi connectivity index (χ3n) is 4.46. The highest BCUT2D eigenvalue weighted by molar-refractivity contribution is 5.94. The summed E-state index contributed by atoms with van der Waals surface area (Å²) < 4.78 is 5.61. The van der Waals surface area contributed by atoms with E-state index < -0.39 is 0 Å². The Morgan fingerprint density at radius 2 is 2.17 bits per heavy atom. The summed E-state index contributed by atoms with van der Waals surface area (Å²) in [6.07, 6.45) is 2.53. The van der Waals surface area contributed by atoms with Gasteiger partial charge in [-0.25, -0.2) is 0 Å². The van der Waals surface area contributed by atoms with Crippen LogP contribution >= 0.6 is 0 Å². The predicted molar refractivity (Wildman–Crippen MR) is 87.0 cm³/mol. The minimum absolute atomic E-state index is 0.0527. The van der Waals surface area contributed by atoms with E-state index in [1.807, 2.05) is 41.0 Å². The number of hydrogen-bond donors (Lipinski definition) is 0. The molecule has 2 saturated heterocycles. The molecule has 2 amide bonds. The zero-order chi connectivity index (χ0) is 16.2. The van der Waals surface area contributed by atoms with Crippen LogP contribution in [0.25, 0.3) is 0 Å². The third kappa shape index (κ3) is 3.91. The van der Waals surface area contributed by atoms with E-state index >= 15 is 0 Å². The molecule has 2 fully saturated rings. The first-order chi connectivity index (χ1) is 11.1. The normalized spacial score (nSPS) is 22.3. The lowest BCUT2D eigenvalue weighted by atomic mass is 10.1. The van der Waals surface area contributed by atoms with Gasteiger partial charge in [0, 0.05) is 44.8 Å². The summed E-state index contributed by atoms with van der Waals surface area (Å²) in [6, 6.07) is 7.66. The van der Waals surface area contributed by atoms with Crippen molar-refractivity contribution in [2.24, 2.45) is 0 Å². The number of carbonyl (C=O) groups is 2. The molecule has 0 radical (unpaired) electrons. The van der Waals surface area contributed by atoms with Crippen molar-refractivity contribution in [1.29, 1.82) is 0 Å². The van der Waals surface area contributed by atoms with Gasteiger partial charge in [0.2, 0.25) is 5.91 Å². The number of rotatable bonds is 3. The molecule has 5 nitrogen and oxygen atoms in total. The quantitative estimate of drug-likeness (QED) is 0.857. The molecule has 2 aliphatic rings. The Labute approximate surface area is 137 Å². The Kier molecular flexibility index (Phi) is 4.96. The fourth-order valence-electron chi connectivity index (χ4n) is 3.26. The van der Waals surface area contributed by atoms with Crippen molar-refractivity contribution < 1.29 is 14.3 Å². The monoisotopic (exact) mass is 316 g/mol. The largest absolute Gasteiger partial charge is 0.377 e. The van der Waals surface area contributed by atoms with Crippen LogP contribution < -0.4 is 0 Å². The molecule has 0 N–H and O–H groups in total. The van der Waals surface area contributed by atoms with E-state index in [-0.39, 0.29) is 17.9 Å². The van der Waals surface area contributed by atoms with Gasteiger partial charge in [0.25, 0.3) is 5.91 Å². The smallest absolute Gasteiger partial charge is 0.253 e. The molecule has 1 atom stereocenters. The van der Waals surface area contributed by atoms with Gasteiger partial charge in [-0.2, -0.15) is 0 Å². The molecule has 124 valence electrons. The van der Waals surface area contributed by atoms with E-state index in [9.17, 15) is 9.59 Å². The molecule has 1 aromatic rings. The van der Waals surface area contributed by atoms with Gasteiger partial charge in [-0.15, -0.1) is 0 Å². The minimum atomic E-state index is 0.0527. The van der Waals surface area contributed by atoms with Crippen LogP contribution in [0.4, 0.5) is 0 Å². The molecule has 1 unspecified atom stereocenters. The Morgan fingerprint density at radius 1 is 1.30 bits per heavy atom. The van der Waals surface area contributed by atoms with E-state index in [4.69, 9.17) is 4.74 Å². The molecule has 0 aromatic heterocycles. The lowest BCUT2D eigenvalue weighted by molar-refractivity contribution is -0.128. The van der Waals surface area contributed by atoms with E-state index in [0.717, 1.165) is 31.5 Å². The maximum Gasteiger partial charge on any atom is 0.253 e. The predicted octanol–water partition coefficient (Wildman–Crippen LogP) is 2.06. The number of carbonyl (C=O) groups excluding carboxylic acids is 2. The van der Waals surface area contributed by atoms with Crippen LogP contribution in [0, 0.1) is 0 Å². The summed E-state index contributed by atoms with van der Waals surface area (Å²) in [5.41, 5.74) is 1.72. The molecule has 1 aromatic carbocycles. The molecule has 0 spiro atoms. The molecule has 2 heterocycles. The van der Waals surface area contributed by atoms with Gasteiger partial charge in [-0.1, -0.05) is 12.1 Å². The van der Waals surface area contributed by atoms with Crippen LogP contribution in [0.15, 0.2) is 24.3 Å². The first-order valence-corrected chi connectivity index (χ1v) is 8.41. The Balaban J connectivity index is 1.70. The standard InChI is InChI=1S/C18H24N2O3/c1-14-12-20(9-4-10-23-14)18(22)16-6-2-5-15(11-16)13-19-8-3-7-17(19)21/h2,5-6,11,14H,3-4,7-10,12-13H2,1H3. The number of ether oxygens (including phenoxy) is 1. The minimum Gasteiger partial charge on any atom is -0.377 e. The van der Waals surface area contributed by atoms with Crippen molar-refractivity contribution in [3.63, 3.8) is 0 Å². The summed E-state index contributed by atoms with van der Waals surface area (Å²) in [5.74, 6) is 0.261. The summed E-state index contributed by atoms with van der Waals surface area (Å²) in [6.45, 7) is 5.49. The summed E-state index contributed by atoms with van der Waals surface area (Å²) in [5, 5.41) is 0. The zero-order valence-electron chi connectivity index (χ0n) is 13.7. The molecule has 0 aliphatic carbocycles. The average molecular weight is 316 g/mol. The topological polar surface area (TPSA) is 49.9 Å². The van der Waals surface area contributed by atoms with Gasteiger partial charge in [-0.3, -0.25) is 9.59 Å². The fraction of sp³-hybridized carbons (Fsp3) is 0.556. The van der Waals surface area contributed by atoms with Crippen LogP contribution in [0.2, 0.25) is 0 Å². The molecule has 5 heteroatoms. The van der Waals surface area contributed by atoms with Crippen LogP contribution in [0.5, 0.6) is 0 Å². The first kappa shape index (κ1) is 16.0. The fourth-order valence-corrected chi connectivity index (χ4v) is 3.26. The highest BCUT2D eigenvalue weighted by Crippen LogP contribution is 2.17. The first-order valence-electron chi connectivity index (χ1n) is 8.41. The Bertz CT molecular complexity index is 587. The van der Waals surface area contributed by atoms with Gasteiger partial charge >= 0.3 is 0 Å². The molecule has 3 rings (SSSR count). The van der Waals surface area contributed by atoms with E-state index in [0.29, 0.717) is 31.7 Å². The average Bonchev–Trinajstić information content (AvgIpc) is 2.82. The van der Waals surface area contributed by atoms with Crippen molar-refractivity contribution in [2.45, 2.75) is 38.8 Å². The van der Waals surface area contributed by atoms with Gasteiger partial charge in [0.15, 0.2) is 0 Å². The molecule has 0 saturated carbocycles. The van der Waals surface area contributed by atoms with Crippen LogP contribution in [-0.2, 0) is 16.1 Å². The zero-order valence-corrected chi connectivity index (χ0v) is 13.7. The van der Waals surface area contributed by atoms with Gasteiger partial charge < -0.3 is 14.5 Å². The number of hydrogen-bond acceptors (Lipinski definition) is 3. The molecular formula is C18H24N2O3. The number of likely N-dealkylation sites (tertiary alicyclic amines) is 1. The number of nitrogens with zero attached hydrogens (tertiary/aromatic N) is 2. The van der Waals surface area contributed by atoms with Crippen LogP contribution in [0.1, 0.15) is 42.1 Å². The number of amides is 2. The SMILES string of the molecule is CC1CN(C(=O)c2cccc(CN3CCCC3=O)c2)CCCO1. The van der Waals surface area contributed by atoms with Gasteiger partial charge in [-0.05, 0) is 37.5 Å². The van der Waals surface area contributed by atoms with Crippen molar-refractivity contribution in [3.8, 4) is 0 Å². The summed E-state index contributed by atoms with van der Waals surface area (Å²) in [4.78, 5) is 28.2. The van der Waals surface area contributed by atoms with E-state index in [1.54, 1.807) is 0 Å².